The van der Waals surface area contributed by atoms with Crippen LogP contribution in [0.3, 0.4) is 0 Å². The molecule has 1 amide bonds. The number of carbonyl (C=O) groups is 1. The highest BCUT2D eigenvalue weighted by atomic mass is 16.5. The first-order valence-corrected chi connectivity index (χ1v) is 8.83. The number of ether oxygens (including phenoxy) is 1. The summed E-state index contributed by atoms with van der Waals surface area (Å²) in [5.41, 5.74) is 3.25. The molecule has 1 fully saturated rings. The topological polar surface area (TPSA) is 58.2 Å². The molecule has 0 radical (unpaired) electrons. The molecule has 4 rings (SSSR count). The van der Waals surface area contributed by atoms with Crippen LogP contribution >= 0.6 is 0 Å². The highest BCUT2D eigenvalue weighted by Crippen LogP contribution is 2.34. The summed E-state index contributed by atoms with van der Waals surface area (Å²) in [5, 5.41) is 7.22. The summed E-state index contributed by atoms with van der Waals surface area (Å²) in [6.07, 6.45) is 7.04. The summed E-state index contributed by atoms with van der Waals surface area (Å²) in [4.78, 5) is 15.2. The predicted molar refractivity (Wildman–Crippen MR) is 91.2 cm³/mol. The summed E-state index contributed by atoms with van der Waals surface area (Å²) < 4.78 is 5.47. The lowest BCUT2D eigenvalue weighted by molar-refractivity contribution is 0.0643. The van der Waals surface area contributed by atoms with Crippen LogP contribution in [0.25, 0.3) is 0 Å². The average molecular weight is 325 g/mol. The summed E-state index contributed by atoms with van der Waals surface area (Å²) in [6.45, 7) is 2.59. The zero-order chi connectivity index (χ0) is 16.5. The largest absolute Gasteiger partial charge is 0.494 e. The predicted octanol–water partition coefficient (Wildman–Crippen LogP) is 2.97. The van der Waals surface area contributed by atoms with Crippen LogP contribution in [-0.4, -0.2) is 39.7 Å². The Hall–Kier alpha value is -2.30. The third-order valence-corrected chi connectivity index (χ3v) is 4.97. The van der Waals surface area contributed by atoms with Crippen LogP contribution in [0, 0.1) is 0 Å². The number of aromatic nitrogens is 2. The van der Waals surface area contributed by atoms with Gasteiger partial charge in [-0.25, -0.2) is 0 Å². The molecular formula is C19H23N3O2. The zero-order valence-corrected chi connectivity index (χ0v) is 14.0. The molecule has 1 aromatic carbocycles. The van der Waals surface area contributed by atoms with Gasteiger partial charge in [-0.15, -0.1) is 0 Å². The number of fused-ring (bicyclic) bond motifs is 1. The first kappa shape index (κ1) is 15.2. The molecule has 2 aliphatic carbocycles. The zero-order valence-electron chi connectivity index (χ0n) is 14.0. The molecule has 0 saturated heterocycles. The minimum Gasteiger partial charge on any atom is -0.494 e. The highest BCUT2D eigenvalue weighted by Gasteiger charge is 2.39. The summed E-state index contributed by atoms with van der Waals surface area (Å²) in [6, 6.07) is 8.22. The maximum absolute atomic E-state index is 13.1. The van der Waals surface area contributed by atoms with Gasteiger partial charge in [-0.05, 0) is 68.9 Å². The molecule has 5 heteroatoms. The molecule has 2 aromatic rings. The minimum absolute atomic E-state index is 0.150. The molecule has 0 spiro atoms. The summed E-state index contributed by atoms with van der Waals surface area (Å²) in [5.74, 6) is 0.963. The van der Waals surface area contributed by atoms with E-state index in [0.29, 0.717) is 12.6 Å². The van der Waals surface area contributed by atoms with E-state index in [0.717, 1.165) is 43.4 Å². The lowest BCUT2D eigenvalue weighted by Crippen LogP contribution is -2.44. The number of hydrogen-bond acceptors (Lipinski definition) is 3. The molecule has 1 heterocycles. The number of amides is 1. The Kier molecular flexibility index (Phi) is 4.00. The molecule has 5 nitrogen and oxygen atoms in total. The van der Waals surface area contributed by atoms with Gasteiger partial charge in [0.15, 0.2) is 0 Å². The minimum atomic E-state index is 0.150. The van der Waals surface area contributed by atoms with Crippen molar-refractivity contribution >= 4 is 5.91 Å². The van der Waals surface area contributed by atoms with Crippen LogP contribution in [0.15, 0.2) is 30.5 Å². The fourth-order valence-electron chi connectivity index (χ4n) is 3.63. The van der Waals surface area contributed by atoms with Gasteiger partial charge in [-0.1, -0.05) is 0 Å². The van der Waals surface area contributed by atoms with Crippen molar-refractivity contribution in [1.82, 2.24) is 15.1 Å². The Morgan fingerprint density at radius 1 is 1.25 bits per heavy atom. The van der Waals surface area contributed by atoms with Crippen LogP contribution in [0.5, 0.6) is 5.75 Å². The standard InChI is InChI=1S/C19H23N3O2/c1-2-24-17-8-3-13(4-9-17)19(23)22(15-5-6-15)16-7-10-18-14(11-16)12-20-21-18/h3-4,8-9,12,15-16H,2,5-7,10-11H2,1H3,(H,20,21). The number of aromatic amines is 1. The third-order valence-electron chi connectivity index (χ3n) is 4.97. The second-order valence-electron chi connectivity index (χ2n) is 6.67. The summed E-state index contributed by atoms with van der Waals surface area (Å²) >= 11 is 0. The first-order chi connectivity index (χ1) is 11.8. The first-order valence-electron chi connectivity index (χ1n) is 8.83. The van der Waals surface area contributed by atoms with Crippen LogP contribution < -0.4 is 4.74 Å². The normalized spacial score (nSPS) is 19.6. The molecular weight excluding hydrogens is 302 g/mol. The van der Waals surface area contributed by atoms with Crippen molar-refractivity contribution in [3.63, 3.8) is 0 Å². The lowest BCUT2D eigenvalue weighted by Gasteiger charge is -2.34. The molecule has 1 aromatic heterocycles. The molecule has 0 bridgehead atoms. The van der Waals surface area contributed by atoms with Gasteiger partial charge in [0, 0.05) is 23.3 Å². The van der Waals surface area contributed by atoms with E-state index in [4.69, 9.17) is 4.74 Å². The highest BCUT2D eigenvalue weighted by molar-refractivity contribution is 5.95. The van der Waals surface area contributed by atoms with Crippen LogP contribution in [0.1, 0.15) is 47.8 Å². The van der Waals surface area contributed by atoms with Gasteiger partial charge < -0.3 is 9.64 Å². The quantitative estimate of drug-likeness (QED) is 0.919. The number of aryl methyl sites for hydroxylation is 1. The maximum Gasteiger partial charge on any atom is 0.254 e. The van der Waals surface area contributed by atoms with Crippen molar-refractivity contribution in [3.8, 4) is 5.75 Å². The Bertz CT molecular complexity index is 718. The number of carbonyl (C=O) groups excluding carboxylic acids is 1. The van der Waals surface area contributed by atoms with Crippen LogP contribution in [0.4, 0.5) is 0 Å². The molecule has 24 heavy (non-hydrogen) atoms. The molecule has 126 valence electrons. The van der Waals surface area contributed by atoms with Crippen molar-refractivity contribution in [3.05, 3.63) is 47.3 Å². The van der Waals surface area contributed by atoms with E-state index in [9.17, 15) is 4.79 Å². The van der Waals surface area contributed by atoms with E-state index in [1.54, 1.807) is 0 Å². The molecule has 2 aliphatic rings. The van der Waals surface area contributed by atoms with Gasteiger partial charge in [0.2, 0.25) is 0 Å². The Morgan fingerprint density at radius 2 is 2.04 bits per heavy atom. The van der Waals surface area contributed by atoms with Crippen molar-refractivity contribution in [2.24, 2.45) is 0 Å². The van der Waals surface area contributed by atoms with Gasteiger partial charge in [-0.3, -0.25) is 9.89 Å². The smallest absolute Gasteiger partial charge is 0.254 e. The Balaban J connectivity index is 1.54. The van der Waals surface area contributed by atoms with Crippen LogP contribution in [-0.2, 0) is 12.8 Å². The maximum atomic E-state index is 13.1. The lowest BCUT2D eigenvalue weighted by atomic mass is 9.92. The second-order valence-corrected chi connectivity index (χ2v) is 6.67. The van der Waals surface area contributed by atoms with Crippen molar-refractivity contribution in [2.45, 2.75) is 51.1 Å². The third kappa shape index (κ3) is 2.90. The van der Waals surface area contributed by atoms with Gasteiger partial charge in [0.25, 0.3) is 5.91 Å². The van der Waals surface area contributed by atoms with E-state index < -0.39 is 0 Å². The van der Waals surface area contributed by atoms with Gasteiger partial charge in [-0.2, -0.15) is 5.10 Å². The van der Waals surface area contributed by atoms with E-state index >= 15 is 0 Å². The van der Waals surface area contributed by atoms with Gasteiger partial charge in [0.1, 0.15) is 5.75 Å². The number of rotatable bonds is 5. The molecule has 1 saturated carbocycles. The Morgan fingerprint density at radius 3 is 2.75 bits per heavy atom. The molecule has 1 unspecified atom stereocenters. The molecule has 0 aliphatic heterocycles. The van der Waals surface area contributed by atoms with E-state index in [2.05, 4.69) is 15.1 Å². The molecule has 1 N–H and O–H groups in total. The molecule has 1 atom stereocenters. The summed E-state index contributed by atoms with van der Waals surface area (Å²) in [7, 11) is 0. The number of nitrogens with one attached hydrogen (secondary N) is 1. The fourth-order valence-corrected chi connectivity index (χ4v) is 3.63. The van der Waals surface area contributed by atoms with E-state index in [1.165, 1.54) is 11.3 Å². The average Bonchev–Trinajstić information content (AvgIpc) is 3.32. The second kappa shape index (κ2) is 6.30. The number of H-pyrrole nitrogens is 1. The van der Waals surface area contributed by atoms with Crippen molar-refractivity contribution < 1.29 is 9.53 Å². The van der Waals surface area contributed by atoms with E-state index in [1.807, 2.05) is 37.4 Å². The van der Waals surface area contributed by atoms with Gasteiger partial charge >= 0.3 is 0 Å². The van der Waals surface area contributed by atoms with E-state index in [-0.39, 0.29) is 11.9 Å². The van der Waals surface area contributed by atoms with Crippen molar-refractivity contribution in [2.75, 3.05) is 6.61 Å². The van der Waals surface area contributed by atoms with Crippen molar-refractivity contribution in [1.29, 1.82) is 0 Å². The Labute approximate surface area is 142 Å². The monoisotopic (exact) mass is 325 g/mol. The number of benzene rings is 1. The SMILES string of the molecule is CCOc1ccc(C(=O)N(C2CC2)C2CCc3[nH]ncc3C2)cc1. The van der Waals surface area contributed by atoms with Crippen LogP contribution in [0.2, 0.25) is 0 Å². The number of nitrogens with zero attached hydrogens (tertiary/aromatic N) is 2. The van der Waals surface area contributed by atoms with Gasteiger partial charge in [0.05, 0.1) is 12.8 Å². The fraction of sp³-hybridized carbons (Fsp3) is 0.474. The number of hydrogen-bond donors (Lipinski definition) is 1.